The van der Waals surface area contributed by atoms with Gasteiger partial charge >= 0.3 is 6.09 Å². The second-order valence-corrected chi connectivity index (χ2v) is 5.80. The van der Waals surface area contributed by atoms with Crippen molar-refractivity contribution in [2.75, 3.05) is 19.7 Å². The molecule has 1 amide bonds. The van der Waals surface area contributed by atoms with Crippen molar-refractivity contribution in [3.63, 3.8) is 0 Å². The number of aliphatic hydroxyl groups excluding tert-OH is 1. The molecule has 0 spiro atoms. The molecule has 0 radical (unpaired) electrons. The van der Waals surface area contributed by atoms with Crippen LogP contribution in [-0.2, 0) is 24.0 Å². The van der Waals surface area contributed by atoms with E-state index in [2.05, 4.69) is 0 Å². The second kappa shape index (κ2) is 5.50. The summed E-state index contributed by atoms with van der Waals surface area (Å²) in [7, 11) is 0. The number of halogens is 2. The van der Waals surface area contributed by atoms with Crippen LogP contribution >= 0.6 is 0 Å². The summed E-state index contributed by atoms with van der Waals surface area (Å²) < 4.78 is 32.5. The van der Waals surface area contributed by atoms with E-state index in [4.69, 9.17) is 4.74 Å². The van der Waals surface area contributed by atoms with E-state index in [-0.39, 0.29) is 6.09 Å². The molecule has 22 heavy (non-hydrogen) atoms. The van der Waals surface area contributed by atoms with Crippen LogP contribution in [0, 0.1) is 0 Å². The van der Waals surface area contributed by atoms with Crippen LogP contribution in [0.2, 0.25) is 0 Å². The summed E-state index contributed by atoms with van der Waals surface area (Å²) in [6, 6.07) is 3.52. The molecule has 1 unspecified atom stereocenters. The van der Waals surface area contributed by atoms with Crippen LogP contribution in [0.4, 0.5) is 13.6 Å². The molecule has 6 heteroatoms. The van der Waals surface area contributed by atoms with Crippen LogP contribution < -0.4 is 0 Å². The molecule has 0 saturated carbocycles. The summed E-state index contributed by atoms with van der Waals surface area (Å²) in [6.07, 6.45) is -1.49. The number of amides is 1. The maximum Gasteiger partial charge on any atom is 0.409 e. The Balaban J connectivity index is 1.89. The molecule has 0 bridgehead atoms. The topological polar surface area (TPSA) is 49.8 Å². The van der Waals surface area contributed by atoms with Crippen molar-refractivity contribution in [2.24, 2.45) is 0 Å². The van der Waals surface area contributed by atoms with Crippen molar-refractivity contribution < 1.29 is 23.4 Å². The van der Waals surface area contributed by atoms with Crippen molar-refractivity contribution in [2.45, 2.75) is 38.2 Å². The normalized spacial score (nSPS) is 22.7. The highest BCUT2D eigenvalue weighted by atomic mass is 19.3. The molecule has 1 heterocycles. The SMILES string of the molecule is CCOC(=O)N1CCc2ccc3c(c2CC1)C(O)C(F)(F)C3. The van der Waals surface area contributed by atoms with Crippen LogP contribution in [-0.4, -0.2) is 41.7 Å². The van der Waals surface area contributed by atoms with E-state index in [1.54, 1.807) is 17.9 Å². The van der Waals surface area contributed by atoms with Gasteiger partial charge in [0.25, 0.3) is 5.92 Å². The Morgan fingerprint density at radius 3 is 2.77 bits per heavy atom. The van der Waals surface area contributed by atoms with Crippen molar-refractivity contribution in [3.05, 3.63) is 34.4 Å². The van der Waals surface area contributed by atoms with Gasteiger partial charge in [-0.1, -0.05) is 12.1 Å². The number of hydrogen-bond acceptors (Lipinski definition) is 3. The Morgan fingerprint density at radius 1 is 1.36 bits per heavy atom. The molecule has 0 aromatic heterocycles. The van der Waals surface area contributed by atoms with Crippen LogP contribution in [0.15, 0.2) is 12.1 Å². The van der Waals surface area contributed by atoms with E-state index in [1.165, 1.54) is 0 Å². The fourth-order valence-electron chi connectivity index (χ4n) is 3.36. The lowest BCUT2D eigenvalue weighted by molar-refractivity contribution is -0.0970. The highest BCUT2D eigenvalue weighted by molar-refractivity contribution is 5.68. The molecule has 1 N–H and O–H groups in total. The molecule has 120 valence electrons. The Bertz CT molecular complexity index is 603. The maximum absolute atomic E-state index is 13.8. The molecule has 4 nitrogen and oxygen atoms in total. The van der Waals surface area contributed by atoms with E-state index in [1.807, 2.05) is 6.07 Å². The van der Waals surface area contributed by atoms with Gasteiger partial charge in [0.2, 0.25) is 0 Å². The van der Waals surface area contributed by atoms with Gasteiger partial charge in [0, 0.05) is 19.5 Å². The van der Waals surface area contributed by atoms with E-state index >= 15 is 0 Å². The molecule has 1 atom stereocenters. The zero-order valence-corrected chi connectivity index (χ0v) is 12.4. The highest BCUT2D eigenvalue weighted by Gasteiger charge is 2.48. The summed E-state index contributed by atoms with van der Waals surface area (Å²) in [5, 5.41) is 9.96. The summed E-state index contributed by atoms with van der Waals surface area (Å²) >= 11 is 0. The second-order valence-electron chi connectivity index (χ2n) is 5.80. The fraction of sp³-hybridized carbons (Fsp3) is 0.562. The molecule has 3 rings (SSSR count). The number of rotatable bonds is 1. The third-order valence-electron chi connectivity index (χ3n) is 4.45. The molecule has 1 aliphatic heterocycles. The van der Waals surface area contributed by atoms with Crippen molar-refractivity contribution in [1.29, 1.82) is 0 Å². The maximum atomic E-state index is 13.8. The van der Waals surface area contributed by atoms with Gasteiger partial charge in [-0.3, -0.25) is 0 Å². The number of carbonyl (C=O) groups is 1. The van der Waals surface area contributed by atoms with E-state index in [0.717, 1.165) is 11.1 Å². The molecule has 1 aliphatic carbocycles. The van der Waals surface area contributed by atoms with Crippen LogP contribution in [0.25, 0.3) is 0 Å². The average Bonchev–Trinajstić information content (AvgIpc) is 2.64. The van der Waals surface area contributed by atoms with Crippen molar-refractivity contribution in [1.82, 2.24) is 4.90 Å². The summed E-state index contributed by atoms with van der Waals surface area (Å²) in [6.45, 7) is 2.97. The van der Waals surface area contributed by atoms with Gasteiger partial charge in [-0.25, -0.2) is 13.6 Å². The molecule has 0 saturated heterocycles. The number of carbonyl (C=O) groups excluding carboxylic acids is 1. The third kappa shape index (κ3) is 2.45. The summed E-state index contributed by atoms with van der Waals surface area (Å²) in [4.78, 5) is 13.4. The van der Waals surface area contributed by atoms with E-state index in [9.17, 15) is 18.7 Å². The molecule has 0 fully saturated rings. The monoisotopic (exact) mass is 311 g/mol. The predicted molar refractivity (Wildman–Crippen MR) is 76.1 cm³/mol. The van der Waals surface area contributed by atoms with Gasteiger partial charge in [0.15, 0.2) is 0 Å². The molecule has 1 aromatic rings. The predicted octanol–water partition coefficient (Wildman–Crippen LogP) is 2.47. The van der Waals surface area contributed by atoms with Gasteiger partial charge in [-0.2, -0.15) is 0 Å². The lowest BCUT2D eigenvalue weighted by Gasteiger charge is -2.19. The Morgan fingerprint density at radius 2 is 2.05 bits per heavy atom. The van der Waals surface area contributed by atoms with Crippen molar-refractivity contribution in [3.8, 4) is 0 Å². The third-order valence-corrected chi connectivity index (χ3v) is 4.45. The average molecular weight is 311 g/mol. The minimum atomic E-state index is -3.11. The molecular weight excluding hydrogens is 292 g/mol. The summed E-state index contributed by atoms with van der Waals surface area (Å²) in [5.41, 5.74) is 2.59. The molecular formula is C16H19F2NO3. The quantitative estimate of drug-likeness (QED) is 0.867. The first-order chi connectivity index (χ1) is 10.4. The van der Waals surface area contributed by atoms with Crippen LogP contribution in [0.5, 0.6) is 0 Å². The number of alkyl halides is 2. The zero-order valence-electron chi connectivity index (χ0n) is 12.4. The van der Waals surface area contributed by atoms with Crippen molar-refractivity contribution >= 4 is 6.09 Å². The molecule has 2 aliphatic rings. The largest absolute Gasteiger partial charge is 0.450 e. The standard InChI is InChI=1S/C16H19F2NO3/c1-2-22-15(21)19-7-5-10-3-4-11-9-16(17,18)14(20)13(11)12(10)6-8-19/h3-4,14,20H,2,5-9H2,1H3. The van der Waals surface area contributed by atoms with Gasteiger partial charge < -0.3 is 14.7 Å². The first-order valence-electron chi connectivity index (χ1n) is 7.55. The number of nitrogens with zero attached hydrogens (tertiary/aromatic N) is 1. The van der Waals surface area contributed by atoms with Gasteiger partial charge in [0.1, 0.15) is 6.10 Å². The number of aliphatic hydroxyl groups is 1. The number of hydrogen-bond donors (Lipinski definition) is 1. The minimum absolute atomic E-state index is 0.308. The smallest absolute Gasteiger partial charge is 0.409 e. The number of fused-ring (bicyclic) bond motifs is 3. The highest BCUT2D eigenvalue weighted by Crippen LogP contribution is 2.45. The Labute approximate surface area is 127 Å². The Hall–Kier alpha value is -1.69. The lowest BCUT2D eigenvalue weighted by Crippen LogP contribution is -2.33. The number of ether oxygens (including phenoxy) is 1. The van der Waals surface area contributed by atoms with Gasteiger partial charge in [-0.15, -0.1) is 0 Å². The number of benzene rings is 1. The zero-order chi connectivity index (χ0) is 15.9. The summed E-state index contributed by atoms with van der Waals surface area (Å²) in [5.74, 6) is -3.11. The Kier molecular flexibility index (Phi) is 3.80. The minimum Gasteiger partial charge on any atom is -0.450 e. The van der Waals surface area contributed by atoms with E-state index < -0.39 is 18.4 Å². The van der Waals surface area contributed by atoms with Gasteiger partial charge in [0.05, 0.1) is 6.61 Å². The first kappa shape index (κ1) is 15.2. The van der Waals surface area contributed by atoms with Gasteiger partial charge in [-0.05, 0) is 42.0 Å². The van der Waals surface area contributed by atoms with Crippen LogP contribution in [0.1, 0.15) is 35.3 Å². The first-order valence-corrected chi connectivity index (χ1v) is 7.55. The molecule has 1 aromatic carbocycles. The fourth-order valence-corrected chi connectivity index (χ4v) is 3.36. The lowest BCUT2D eigenvalue weighted by atomic mass is 9.93. The van der Waals surface area contributed by atoms with E-state index in [0.29, 0.717) is 43.7 Å². The van der Waals surface area contributed by atoms with Crippen LogP contribution in [0.3, 0.4) is 0 Å².